The molecule has 0 radical (unpaired) electrons. The van der Waals surface area contributed by atoms with Crippen molar-refractivity contribution < 1.29 is 0 Å². The van der Waals surface area contributed by atoms with Crippen LogP contribution in [0.3, 0.4) is 0 Å². The molecule has 0 aliphatic carbocycles. The van der Waals surface area contributed by atoms with Crippen LogP contribution in [0.25, 0.3) is 11.0 Å². The van der Waals surface area contributed by atoms with Crippen molar-refractivity contribution in [2.24, 2.45) is 0 Å². The molecule has 0 atom stereocenters. The molecule has 0 bridgehead atoms. The van der Waals surface area contributed by atoms with E-state index in [1.807, 2.05) is 18.5 Å². The van der Waals surface area contributed by atoms with E-state index >= 15 is 0 Å². The van der Waals surface area contributed by atoms with Crippen molar-refractivity contribution in [2.45, 2.75) is 33.7 Å². The first-order valence-corrected chi connectivity index (χ1v) is 5.09. The van der Waals surface area contributed by atoms with Crippen LogP contribution in [0, 0.1) is 13.8 Å². The van der Waals surface area contributed by atoms with Gasteiger partial charge in [-0.3, -0.25) is 9.48 Å². The number of hydrogen-bond acceptors (Lipinski definition) is 2. The fourth-order valence-corrected chi connectivity index (χ4v) is 2.00. The van der Waals surface area contributed by atoms with Gasteiger partial charge < -0.3 is 4.98 Å². The van der Waals surface area contributed by atoms with Crippen molar-refractivity contribution in [1.29, 1.82) is 0 Å². The van der Waals surface area contributed by atoms with Gasteiger partial charge in [0.2, 0.25) is 5.56 Å². The molecular weight excluding hydrogens is 190 g/mol. The second-order valence-corrected chi connectivity index (χ2v) is 4.16. The van der Waals surface area contributed by atoms with Crippen LogP contribution in [0.15, 0.2) is 10.9 Å². The van der Waals surface area contributed by atoms with Crippen LogP contribution in [0.1, 0.15) is 31.1 Å². The first-order chi connectivity index (χ1) is 7.00. The Morgan fingerprint density at radius 3 is 2.67 bits per heavy atom. The molecule has 0 aliphatic rings. The molecule has 15 heavy (non-hydrogen) atoms. The molecule has 4 nitrogen and oxygen atoms in total. The van der Waals surface area contributed by atoms with E-state index < -0.39 is 0 Å². The molecule has 2 heterocycles. The van der Waals surface area contributed by atoms with Gasteiger partial charge in [-0.15, -0.1) is 0 Å². The SMILES string of the molecule is Cc1cc(=O)[nH]c2nn(C(C)C)c(C)c12. The lowest BCUT2D eigenvalue weighted by Gasteiger charge is -2.06. The molecule has 0 aromatic carbocycles. The van der Waals surface area contributed by atoms with Gasteiger partial charge in [0, 0.05) is 23.2 Å². The molecule has 0 saturated heterocycles. The van der Waals surface area contributed by atoms with Crippen molar-refractivity contribution in [1.82, 2.24) is 14.8 Å². The Hall–Kier alpha value is -1.58. The van der Waals surface area contributed by atoms with Crippen molar-refractivity contribution in [3.63, 3.8) is 0 Å². The molecule has 4 heteroatoms. The van der Waals surface area contributed by atoms with E-state index in [2.05, 4.69) is 23.9 Å². The van der Waals surface area contributed by atoms with Crippen LogP contribution in [-0.4, -0.2) is 14.8 Å². The van der Waals surface area contributed by atoms with Crippen molar-refractivity contribution in [3.05, 3.63) is 27.7 Å². The fourth-order valence-electron chi connectivity index (χ4n) is 2.00. The Bertz CT molecular complexity index is 563. The van der Waals surface area contributed by atoms with Crippen LogP contribution >= 0.6 is 0 Å². The number of H-pyrrole nitrogens is 1. The summed E-state index contributed by atoms with van der Waals surface area (Å²) in [6.45, 7) is 8.12. The zero-order valence-corrected chi connectivity index (χ0v) is 9.46. The van der Waals surface area contributed by atoms with Gasteiger partial charge in [0.1, 0.15) is 0 Å². The molecule has 1 N–H and O–H groups in total. The highest BCUT2D eigenvalue weighted by Crippen LogP contribution is 2.20. The lowest BCUT2D eigenvalue weighted by molar-refractivity contribution is 0.523. The van der Waals surface area contributed by atoms with E-state index in [1.54, 1.807) is 6.07 Å². The zero-order valence-electron chi connectivity index (χ0n) is 9.46. The summed E-state index contributed by atoms with van der Waals surface area (Å²) in [6.07, 6.45) is 0. The maximum absolute atomic E-state index is 11.3. The van der Waals surface area contributed by atoms with Gasteiger partial charge in [-0.1, -0.05) is 0 Å². The van der Waals surface area contributed by atoms with Crippen molar-refractivity contribution >= 4 is 11.0 Å². The molecule has 0 saturated carbocycles. The Balaban J connectivity index is 2.88. The van der Waals surface area contributed by atoms with E-state index in [0.717, 1.165) is 16.6 Å². The Morgan fingerprint density at radius 2 is 2.07 bits per heavy atom. The lowest BCUT2D eigenvalue weighted by atomic mass is 10.2. The number of aryl methyl sites for hydroxylation is 2. The summed E-state index contributed by atoms with van der Waals surface area (Å²) in [7, 11) is 0. The Labute approximate surface area is 87.9 Å². The second-order valence-electron chi connectivity index (χ2n) is 4.16. The zero-order chi connectivity index (χ0) is 11.2. The van der Waals surface area contributed by atoms with E-state index in [9.17, 15) is 4.79 Å². The third-order valence-electron chi connectivity index (χ3n) is 2.62. The largest absolute Gasteiger partial charge is 0.305 e. The monoisotopic (exact) mass is 205 g/mol. The first-order valence-electron chi connectivity index (χ1n) is 5.09. The number of nitrogens with one attached hydrogen (secondary N) is 1. The number of aromatic nitrogens is 3. The molecule has 80 valence electrons. The lowest BCUT2D eigenvalue weighted by Crippen LogP contribution is -2.05. The van der Waals surface area contributed by atoms with Gasteiger partial charge in [0.05, 0.1) is 0 Å². The maximum atomic E-state index is 11.3. The topological polar surface area (TPSA) is 50.7 Å². The standard InChI is InChI=1S/C11H15N3O/c1-6(2)14-8(4)10-7(3)5-9(15)12-11(10)13-14/h5-6H,1-4H3,(H,12,13,15). The number of nitrogens with zero attached hydrogens (tertiary/aromatic N) is 2. The molecule has 0 spiro atoms. The smallest absolute Gasteiger partial charge is 0.249 e. The summed E-state index contributed by atoms with van der Waals surface area (Å²) >= 11 is 0. The minimum Gasteiger partial charge on any atom is -0.305 e. The molecule has 2 rings (SSSR count). The van der Waals surface area contributed by atoms with Gasteiger partial charge in [-0.05, 0) is 33.3 Å². The minimum atomic E-state index is -0.0894. The van der Waals surface area contributed by atoms with E-state index in [1.165, 1.54) is 0 Å². The van der Waals surface area contributed by atoms with Crippen molar-refractivity contribution in [2.75, 3.05) is 0 Å². The number of fused-ring (bicyclic) bond motifs is 1. The summed E-state index contributed by atoms with van der Waals surface area (Å²) in [5.41, 5.74) is 2.69. The van der Waals surface area contributed by atoms with Crippen LogP contribution in [0.5, 0.6) is 0 Å². The van der Waals surface area contributed by atoms with Crippen LogP contribution in [0.4, 0.5) is 0 Å². The Kier molecular flexibility index (Phi) is 2.14. The summed E-state index contributed by atoms with van der Waals surface area (Å²) < 4.78 is 1.94. The third kappa shape index (κ3) is 1.46. The van der Waals surface area contributed by atoms with Gasteiger partial charge in [0.15, 0.2) is 5.65 Å². The van der Waals surface area contributed by atoms with Gasteiger partial charge >= 0.3 is 0 Å². The van der Waals surface area contributed by atoms with Crippen LogP contribution < -0.4 is 5.56 Å². The minimum absolute atomic E-state index is 0.0894. The van der Waals surface area contributed by atoms with E-state index in [0.29, 0.717) is 11.7 Å². The second kappa shape index (κ2) is 3.22. The molecular formula is C11H15N3O. The molecule has 2 aromatic rings. The first kappa shape index (κ1) is 9.96. The fraction of sp³-hybridized carbons (Fsp3) is 0.455. The van der Waals surface area contributed by atoms with Crippen LogP contribution in [-0.2, 0) is 0 Å². The van der Waals surface area contributed by atoms with Crippen LogP contribution in [0.2, 0.25) is 0 Å². The average Bonchev–Trinajstić information content (AvgIpc) is 2.42. The third-order valence-corrected chi connectivity index (χ3v) is 2.62. The number of pyridine rings is 1. The highest BCUT2D eigenvalue weighted by Gasteiger charge is 2.12. The molecule has 0 fully saturated rings. The summed E-state index contributed by atoms with van der Waals surface area (Å²) in [5, 5.41) is 5.45. The predicted molar refractivity (Wildman–Crippen MR) is 60.2 cm³/mol. The number of aromatic amines is 1. The summed E-state index contributed by atoms with van der Waals surface area (Å²) in [6, 6.07) is 1.92. The number of hydrogen-bond donors (Lipinski definition) is 1. The van der Waals surface area contributed by atoms with Gasteiger partial charge in [0.25, 0.3) is 0 Å². The Morgan fingerprint density at radius 1 is 1.40 bits per heavy atom. The molecule has 0 amide bonds. The molecule has 0 unspecified atom stereocenters. The summed E-state index contributed by atoms with van der Waals surface area (Å²) in [4.78, 5) is 14.0. The maximum Gasteiger partial charge on any atom is 0.249 e. The van der Waals surface area contributed by atoms with Crippen molar-refractivity contribution in [3.8, 4) is 0 Å². The van der Waals surface area contributed by atoms with E-state index in [4.69, 9.17) is 0 Å². The predicted octanol–water partition coefficient (Wildman–Crippen LogP) is 1.92. The van der Waals surface area contributed by atoms with Gasteiger partial charge in [-0.25, -0.2) is 0 Å². The highest BCUT2D eigenvalue weighted by molar-refractivity contribution is 5.81. The van der Waals surface area contributed by atoms with Gasteiger partial charge in [-0.2, -0.15) is 5.10 Å². The quantitative estimate of drug-likeness (QED) is 0.773. The number of rotatable bonds is 1. The van der Waals surface area contributed by atoms with E-state index in [-0.39, 0.29) is 5.56 Å². The molecule has 2 aromatic heterocycles. The average molecular weight is 205 g/mol. The summed E-state index contributed by atoms with van der Waals surface area (Å²) in [5.74, 6) is 0. The normalized spacial score (nSPS) is 11.5. The molecule has 0 aliphatic heterocycles. The highest BCUT2D eigenvalue weighted by atomic mass is 16.1.